The lowest BCUT2D eigenvalue weighted by atomic mass is 9.95. The minimum atomic E-state index is -0.286. The predicted octanol–water partition coefficient (Wildman–Crippen LogP) is 4.40. The molecule has 0 saturated carbocycles. The van der Waals surface area contributed by atoms with Gasteiger partial charge in [-0.15, -0.1) is 0 Å². The predicted molar refractivity (Wildman–Crippen MR) is 78.2 cm³/mol. The van der Waals surface area contributed by atoms with E-state index >= 15 is 0 Å². The first-order valence-corrected chi connectivity index (χ1v) is 6.60. The molecule has 0 bridgehead atoms. The largest absolute Gasteiger partial charge is 0.309 e. The number of hydrogen-bond acceptors (Lipinski definition) is 1. The molecule has 0 saturated heterocycles. The summed E-state index contributed by atoms with van der Waals surface area (Å²) >= 11 is 6.15. The van der Waals surface area contributed by atoms with E-state index in [9.17, 15) is 4.39 Å². The van der Waals surface area contributed by atoms with Gasteiger partial charge in [-0.1, -0.05) is 47.0 Å². The number of benzene rings is 2. The van der Waals surface area contributed by atoms with Crippen molar-refractivity contribution in [2.24, 2.45) is 0 Å². The molecule has 2 aromatic carbocycles. The van der Waals surface area contributed by atoms with E-state index < -0.39 is 0 Å². The van der Waals surface area contributed by atoms with Crippen molar-refractivity contribution in [3.8, 4) is 0 Å². The Bertz CT molecular complexity index is 555. The molecule has 2 aromatic rings. The fourth-order valence-corrected chi connectivity index (χ4v) is 2.71. The van der Waals surface area contributed by atoms with Gasteiger partial charge in [0.2, 0.25) is 0 Å². The molecule has 1 N–H and O–H groups in total. The number of hydrogen-bond donors (Lipinski definition) is 1. The maximum Gasteiger partial charge on any atom is 0.129 e. The second-order valence-corrected chi connectivity index (χ2v) is 5.19. The molecule has 1 unspecified atom stereocenters. The molecule has 0 aliphatic heterocycles. The van der Waals surface area contributed by atoms with Crippen LogP contribution in [0.1, 0.15) is 28.3 Å². The van der Waals surface area contributed by atoms with Gasteiger partial charge >= 0.3 is 0 Å². The molecule has 1 nitrogen and oxygen atoms in total. The molecule has 2 rings (SSSR count). The van der Waals surface area contributed by atoms with Crippen LogP contribution in [0.5, 0.6) is 0 Å². The Labute approximate surface area is 118 Å². The second kappa shape index (κ2) is 5.72. The molecular formula is C16H17ClFN. The SMILES string of the molecule is CNC(c1cc(C)cc(C)c1)c1c(F)cccc1Cl. The highest BCUT2D eigenvalue weighted by Crippen LogP contribution is 2.31. The van der Waals surface area contributed by atoms with Gasteiger partial charge in [-0.3, -0.25) is 0 Å². The average molecular weight is 278 g/mol. The molecule has 0 fully saturated rings. The molecule has 0 amide bonds. The van der Waals surface area contributed by atoms with Gasteiger partial charge in [-0.2, -0.15) is 0 Å². The highest BCUT2D eigenvalue weighted by atomic mass is 35.5. The van der Waals surface area contributed by atoms with Gasteiger partial charge in [0.05, 0.1) is 6.04 Å². The lowest BCUT2D eigenvalue weighted by molar-refractivity contribution is 0.576. The summed E-state index contributed by atoms with van der Waals surface area (Å²) in [7, 11) is 1.81. The van der Waals surface area contributed by atoms with E-state index in [4.69, 9.17) is 11.6 Å². The summed E-state index contributed by atoms with van der Waals surface area (Å²) in [6.07, 6.45) is 0. The van der Waals surface area contributed by atoms with Crippen molar-refractivity contribution in [2.45, 2.75) is 19.9 Å². The van der Waals surface area contributed by atoms with E-state index in [0.29, 0.717) is 10.6 Å². The van der Waals surface area contributed by atoms with Crippen LogP contribution in [0.25, 0.3) is 0 Å². The van der Waals surface area contributed by atoms with Gasteiger partial charge < -0.3 is 5.32 Å². The Morgan fingerprint density at radius 3 is 2.26 bits per heavy atom. The first-order chi connectivity index (χ1) is 9.02. The van der Waals surface area contributed by atoms with Gasteiger partial charge in [0.1, 0.15) is 5.82 Å². The molecule has 0 aliphatic carbocycles. The minimum absolute atomic E-state index is 0.243. The quantitative estimate of drug-likeness (QED) is 0.876. The van der Waals surface area contributed by atoms with Gasteiger partial charge in [0, 0.05) is 10.6 Å². The van der Waals surface area contributed by atoms with E-state index in [2.05, 4.69) is 23.5 Å². The van der Waals surface area contributed by atoms with Gasteiger partial charge in [0.25, 0.3) is 0 Å². The lowest BCUT2D eigenvalue weighted by Crippen LogP contribution is -2.19. The van der Waals surface area contributed by atoms with Crippen molar-refractivity contribution in [3.63, 3.8) is 0 Å². The molecule has 3 heteroatoms. The van der Waals surface area contributed by atoms with Crippen molar-refractivity contribution in [1.29, 1.82) is 0 Å². The van der Waals surface area contributed by atoms with Crippen molar-refractivity contribution < 1.29 is 4.39 Å². The molecule has 0 aliphatic rings. The van der Waals surface area contributed by atoms with Crippen LogP contribution in [0.15, 0.2) is 36.4 Å². The summed E-state index contributed by atoms with van der Waals surface area (Å²) in [5.41, 5.74) is 3.83. The molecule has 0 spiro atoms. The van der Waals surface area contributed by atoms with Crippen molar-refractivity contribution in [3.05, 3.63) is 69.5 Å². The third-order valence-corrected chi connectivity index (χ3v) is 3.48. The molecule has 1 atom stereocenters. The zero-order valence-corrected chi connectivity index (χ0v) is 12.1. The fraction of sp³-hybridized carbons (Fsp3) is 0.250. The van der Waals surface area contributed by atoms with Crippen molar-refractivity contribution >= 4 is 11.6 Å². The monoisotopic (exact) mass is 277 g/mol. The summed E-state index contributed by atoms with van der Waals surface area (Å²) in [5, 5.41) is 3.59. The first-order valence-electron chi connectivity index (χ1n) is 6.22. The molecule has 100 valence electrons. The highest BCUT2D eigenvalue weighted by Gasteiger charge is 2.19. The molecule has 0 aromatic heterocycles. The van der Waals surface area contributed by atoms with Crippen LogP contribution in [0.2, 0.25) is 5.02 Å². The fourth-order valence-electron chi connectivity index (χ4n) is 2.44. The van der Waals surface area contributed by atoms with E-state index in [1.54, 1.807) is 12.1 Å². The van der Waals surface area contributed by atoms with Gasteiger partial charge in [0.15, 0.2) is 0 Å². The van der Waals surface area contributed by atoms with Crippen LogP contribution in [-0.2, 0) is 0 Å². The van der Waals surface area contributed by atoms with Crippen LogP contribution < -0.4 is 5.32 Å². The third kappa shape index (κ3) is 2.96. The van der Waals surface area contributed by atoms with E-state index in [0.717, 1.165) is 16.7 Å². The lowest BCUT2D eigenvalue weighted by Gasteiger charge is -2.20. The summed E-state index contributed by atoms with van der Waals surface area (Å²) in [6, 6.07) is 10.7. The van der Waals surface area contributed by atoms with E-state index in [1.807, 2.05) is 20.9 Å². The maximum atomic E-state index is 14.0. The number of nitrogens with one attached hydrogen (secondary N) is 1. The summed E-state index contributed by atoms with van der Waals surface area (Å²) < 4.78 is 14.0. The summed E-state index contributed by atoms with van der Waals surface area (Å²) in [5.74, 6) is -0.286. The molecule has 0 heterocycles. The third-order valence-electron chi connectivity index (χ3n) is 3.15. The number of halogens is 2. The Kier molecular flexibility index (Phi) is 4.23. The first kappa shape index (κ1) is 14.0. The number of aryl methyl sites for hydroxylation is 2. The van der Waals surface area contributed by atoms with Crippen LogP contribution in [0, 0.1) is 19.7 Å². The smallest absolute Gasteiger partial charge is 0.129 e. The Morgan fingerprint density at radius 1 is 1.11 bits per heavy atom. The average Bonchev–Trinajstić information content (AvgIpc) is 2.32. The van der Waals surface area contributed by atoms with Crippen LogP contribution in [0.4, 0.5) is 4.39 Å². The normalized spacial score (nSPS) is 12.5. The highest BCUT2D eigenvalue weighted by molar-refractivity contribution is 6.31. The van der Waals surface area contributed by atoms with Crippen LogP contribution in [-0.4, -0.2) is 7.05 Å². The van der Waals surface area contributed by atoms with Crippen molar-refractivity contribution in [1.82, 2.24) is 5.32 Å². The maximum absolute atomic E-state index is 14.0. The van der Waals surface area contributed by atoms with Crippen molar-refractivity contribution in [2.75, 3.05) is 7.05 Å². The molecule has 19 heavy (non-hydrogen) atoms. The van der Waals surface area contributed by atoms with Gasteiger partial charge in [-0.25, -0.2) is 4.39 Å². The molecule has 0 radical (unpaired) electrons. The minimum Gasteiger partial charge on any atom is -0.309 e. The van der Waals surface area contributed by atoms with Crippen LogP contribution >= 0.6 is 11.6 Å². The summed E-state index contributed by atoms with van der Waals surface area (Å²) in [6.45, 7) is 4.07. The Balaban J connectivity index is 2.56. The Hall–Kier alpha value is -1.38. The Morgan fingerprint density at radius 2 is 1.74 bits per heavy atom. The number of rotatable bonds is 3. The van der Waals surface area contributed by atoms with Gasteiger partial charge in [-0.05, 0) is 38.6 Å². The molecular weight excluding hydrogens is 261 g/mol. The summed E-state index contributed by atoms with van der Waals surface area (Å²) in [4.78, 5) is 0. The standard InChI is InChI=1S/C16H17ClFN/c1-10-7-11(2)9-12(8-10)16(19-3)15-13(17)5-4-6-14(15)18/h4-9,16,19H,1-3H3. The second-order valence-electron chi connectivity index (χ2n) is 4.78. The topological polar surface area (TPSA) is 12.0 Å². The zero-order chi connectivity index (χ0) is 14.0. The van der Waals surface area contributed by atoms with E-state index in [-0.39, 0.29) is 11.9 Å². The zero-order valence-electron chi connectivity index (χ0n) is 11.3. The van der Waals surface area contributed by atoms with Crippen LogP contribution in [0.3, 0.4) is 0 Å². The van der Waals surface area contributed by atoms with E-state index in [1.165, 1.54) is 6.07 Å².